The van der Waals surface area contributed by atoms with E-state index in [0.29, 0.717) is 6.54 Å². The van der Waals surface area contributed by atoms with Gasteiger partial charge in [0, 0.05) is 42.7 Å². The van der Waals surface area contributed by atoms with E-state index in [-0.39, 0.29) is 18.7 Å². The van der Waals surface area contributed by atoms with Crippen LogP contribution in [-0.2, 0) is 16.1 Å². The van der Waals surface area contributed by atoms with Crippen LogP contribution in [0.2, 0.25) is 0 Å². The molecule has 1 aromatic carbocycles. The molecule has 0 saturated carbocycles. The molecule has 7 heteroatoms. The number of benzene rings is 1. The van der Waals surface area contributed by atoms with Gasteiger partial charge in [0.15, 0.2) is 0 Å². The summed E-state index contributed by atoms with van der Waals surface area (Å²) in [4.78, 5) is 30.0. The van der Waals surface area contributed by atoms with Gasteiger partial charge >= 0.3 is 0 Å². The highest BCUT2D eigenvalue weighted by Crippen LogP contribution is 2.34. The number of carbonyl (C=O) groups excluding carboxylic acids is 2. The molecule has 0 spiro atoms. The molecule has 1 aliphatic rings. The van der Waals surface area contributed by atoms with Crippen LogP contribution in [0, 0.1) is 34.5 Å². The maximum absolute atomic E-state index is 13.0. The van der Waals surface area contributed by atoms with E-state index in [4.69, 9.17) is 10.5 Å². The molecule has 1 atom stereocenters. The topological polar surface area (TPSA) is 101 Å². The molecule has 1 saturated heterocycles. The first-order chi connectivity index (χ1) is 13.8. The van der Waals surface area contributed by atoms with Crippen LogP contribution in [0.15, 0.2) is 36.7 Å². The second-order valence-electron chi connectivity index (χ2n) is 8.08. The third-order valence-corrected chi connectivity index (χ3v) is 5.41. The van der Waals surface area contributed by atoms with Gasteiger partial charge in [-0.05, 0) is 30.7 Å². The molecule has 2 aromatic rings. The third-order valence-electron chi connectivity index (χ3n) is 5.41. The van der Waals surface area contributed by atoms with Crippen molar-refractivity contribution in [3.8, 4) is 12.1 Å². The smallest absolute Gasteiger partial charge is 0.245 e. The Morgan fingerprint density at radius 3 is 2.62 bits per heavy atom. The Kier molecular flexibility index (Phi) is 5.63. The summed E-state index contributed by atoms with van der Waals surface area (Å²) in [7, 11) is 0. The summed E-state index contributed by atoms with van der Waals surface area (Å²) in [6.07, 6.45) is 3.71. The van der Waals surface area contributed by atoms with Crippen LogP contribution in [0.1, 0.15) is 39.2 Å². The van der Waals surface area contributed by atoms with E-state index in [1.807, 2.05) is 50.3 Å². The lowest BCUT2D eigenvalue weighted by Crippen LogP contribution is -2.49. The van der Waals surface area contributed by atoms with E-state index in [1.54, 1.807) is 24.3 Å². The van der Waals surface area contributed by atoms with Gasteiger partial charge in [-0.15, -0.1) is 0 Å². The van der Waals surface area contributed by atoms with Gasteiger partial charge in [-0.3, -0.25) is 14.6 Å². The molecule has 148 valence electrons. The Morgan fingerprint density at radius 2 is 1.93 bits per heavy atom. The number of aromatic nitrogens is 1. The zero-order valence-corrected chi connectivity index (χ0v) is 16.8. The van der Waals surface area contributed by atoms with Crippen molar-refractivity contribution in [1.82, 2.24) is 15.0 Å². The van der Waals surface area contributed by atoms with Crippen molar-refractivity contribution in [3.63, 3.8) is 0 Å². The van der Waals surface area contributed by atoms with Crippen LogP contribution >= 0.6 is 0 Å². The van der Waals surface area contributed by atoms with Crippen LogP contribution in [0.5, 0.6) is 0 Å². The Labute approximate surface area is 170 Å². The molecular formula is C22H23N5O2. The molecule has 7 nitrogen and oxygen atoms in total. The predicted molar refractivity (Wildman–Crippen MR) is 106 cm³/mol. The molecule has 0 N–H and O–H groups in total. The summed E-state index contributed by atoms with van der Waals surface area (Å²) < 4.78 is 0. The number of carbonyl (C=O) groups is 2. The Balaban J connectivity index is 1.90. The lowest BCUT2D eigenvalue weighted by atomic mass is 9.93. The molecule has 29 heavy (non-hydrogen) atoms. The fraction of sp³-hybridized carbons (Fsp3) is 0.409. The number of nitrogens with zero attached hydrogens (tertiary/aromatic N) is 5. The minimum Gasteiger partial charge on any atom is -0.273 e. The van der Waals surface area contributed by atoms with E-state index in [0.717, 1.165) is 16.3 Å². The fourth-order valence-corrected chi connectivity index (χ4v) is 3.73. The second kappa shape index (κ2) is 7.98. The third kappa shape index (κ3) is 3.96. The first-order valence-corrected chi connectivity index (χ1v) is 9.52. The maximum Gasteiger partial charge on any atom is 0.245 e. The maximum atomic E-state index is 13.0. The number of hydrazine groups is 1. The molecule has 0 unspecified atom stereocenters. The van der Waals surface area contributed by atoms with Crippen molar-refractivity contribution in [2.45, 2.75) is 45.7 Å². The number of amides is 2. The van der Waals surface area contributed by atoms with E-state index >= 15 is 0 Å². The van der Waals surface area contributed by atoms with E-state index in [9.17, 15) is 9.59 Å². The van der Waals surface area contributed by atoms with Crippen LogP contribution < -0.4 is 0 Å². The number of hydrogen-bond donors (Lipinski definition) is 0. The monoisotopic (exact) mass is 389 g/mol. The summed E-state index contributed by atoms with van der Waals surface area (Å²) in [5.74, 6) is -2.02. The Hall–Kier alpha value is -3.29. The number of nitriles is 2. The summed E-state index contributed by atoms with van der Waals surface area (Å²) in [5, 5.41) is 23.1. The van der Waals surface area contributed by atoms with Crippen molar-refractivity contribution < 1.29 is 9.59 Å². The summed E-state index contributed by atoms with van der Waals surface area (Å²) >= 11 is 0. The Bertz CT molecular complexity index is 1010. The van der Waals surface area contributed by atoms with Crippen molar-refractivity contribution in [2.24, 2.45) is 11.8 Å². The van der Waals surface area contributed by atoms with Crippen LogP contribution in [-0.4, -0.2) is 32.4 Å². The number of imide groups is 1. The largest absolute Gasteiger partial charge is 0.273 e. The number of pyridine rings is 1. The molecule has 0 aliphatic carbocycles. The molecule has 1 aromatic heterocycles. The lowest BCUT2D eigenvalue weighted by Gasteiger charge is -2.35. The van der Waals surface area contributed by atoms with E-state index < -0.39 is 23.3 Å². The molecule has 0 bridgehead atoms. The van der Waals surface area contributed by atoms with E-state index in [2.05, 4.69) is 4.98 Å². The van der Waals surface area contributed by atoms with Crippen LogP contribution in [0.3, 0.4) is 0 Å². The fourth-order valence-electron chi connectivity index (χ4n) is 3.73. The highest BCUT2D eigenvalue weighted by Gasteiger charge is 2.47. The Morgan fingerprint density at radius 1 is 1.24 bits per heavy atom. The van der Waals surface area contributed by atoms with Gasteiger partial charge in [0.2, 0.25) is 11.8 Å². The standard InChI is InChI=1S/C22H23N5O2/c1-15(17(10-23)11-24)8-20(28)27-21(29)9-22(2,3)26(27)14-18-13-25-12-16-6-4-5-7-19(16)18/h4-7,12-13,15,17H,8-9,14H2,1-3H3/t15-/m0/s1. The first kappa shape index (κ1) is 20.4. The average molecular weight is 389 g/mol. The molecule has 2 heterocycles. The van der Waals surface area contributed by atoms with Gasteiger partial charge in [0.1, 0.15) is 5.92 Å². The van der Waals surface area contributed by atoms with Gasteiger partial charge in [0.05, 0.1) is 12.1 Å². The second-order valence-corrected chi connectivity index (χ2v) is 8.08. The lowest BCUT2D eigenvalue weighted by molar-refractivity contribution is -0.161. The van der Waals surface area contributed by atoms with Gasteiger partial charge < -0.3 is 0 Å². The van der Waals surface area contributed by atoms with Crippen LogP contribution in [0.25, 0.3) is 10.8 Å². The highest BCUT2D eigenvalue weighted by molar-refractivity contribution is 5.97. The summed E-state index contributed by atoms with van der Waals surface area (Å²) in [6.45, 7) is 5.88. The highest BCUT2D eigenvalue weighted by atomic mass is 16.2. The zero-order valence-electron chi connectivity index (χ0n) is 16.8. The minimum atomic E-state index is -0.889. The van der Waals surface area contributed by atoms with E-state index in [1.165, 1.54) is 5.01 Å². The zero-order chi connectivity index (χ0) is 21.2. The number of hydrogen-bond acceptors (Lipinski definition) is 6. The first-order valence-electron chi connectivity index (χ1n) is 9.52. The summed E-state index contributed by atoms with van der Waals surface area (Å²) in [5.41, 5.74) is 0.375. The van der Waals surface area contributed by atoms with Gasteiger partial charge in [-0.2, -0.15) is 10.5 Å². The van der Waals surface area contributed by atoms with Gasteiger partial charge in [-0.1, -0.05) is 31.2 Å². The van der Waals surface area contributed by atoms with Crippen molar-refractivity contribution in [2.75, 3.05) is 0 Å². The van der Waals surface area contributed by atoms with Crippen molar-refractivity contribution in [1.29, 1.82) is 10.5 Å². The van der Waals surface area contributed by atoms with Gasteiger partial charge in [0.25, 0.3) is 0 Å². The SMILES string of the molecule is C[C@@H](CC(=O)N1C(=O)CC(C)(C)N1Cc1cncc2ccccc12)C(C#N)C#N. The molecule has 0 radical (unpaired) electrons. The van der Waals surface area contributed by atoms with Crippen molar-refractivity contribution in [3.05, 3.63) is 42.2 Å². The quantitative estimate of drug-likeness (QED) is 0.778. The normalized spacial score (nSPS) is 17.3. The van der Waals surface area contributed by atoms with Gasteiger partial charge in [-0.25, -0.2) is 10.0 Å². The van der Waals surface area contributed by atoms with Crippen LogP contribution in [0.4, 0.5) is 0 Å². The minimum absolute atomic E-state index is 0.0438. The molecule has 2 amide bonds. The predicted octanol–water partition coefficient (Wildman–Crippen LogP) is 3.18. The molecular weight excluding hydrogens is 366 g/mol. The van der Waals surface area contributed by atoms with Crippen molar-refractivity contribution >= 4 is 22.6 Å². The summed E-state index contributed by atoms with van der Waals surface area (Å²) in [6, 6.07) is 11.7. The number of fused-ring (bicyclic) bond motifs is 1. The number of rotatable bonds is 5. The molecule has 1 fully saturated rings. The molecule has 1 aliphatic heterocycles. The average Bonchev–Trinajstić information content (AvgIpc) is 2.91. The molecule has 3 rings (SSSR count).